The Morgan fingerprint density at radius 1 is 0.783 bits per heavy atom. The Balaban J connectivity index is 0.00000156. The average molecular weight is 335 g/mol. The number of benzene rings is 4. The fraction of sp³-hybridized carbons (Fsp3) is 0.0588. The van der Waals surface area contributed by atoms with Gasteiger partial charge in [-0.1, -0.05) is 54.6 Å². The molecule has 4 rings (SSSR count). The maximum atomic E-state index is 11.3. The first kappa shape index (κ1) is 16.6. The summed E-state index contributed by atoms with van der Waals surface area (Å²) >= 11 is 0. The van der Waals surface area contributed by atoms with Gasteiger partial charge >= 0.3 is 29.6 Å². The van der Waals surface area contributed by atoms with Crippen molar-refractivity contribution in [3.05, 3.63) is 60.2 Å². The first-order chi connectivity index (χ1) is 10.5. The van der Waals surface area contributed by atoms with Gasteiger partial charge in [-0.3, -0.25) is 4.55 Å². The molecule has 0 amide bonds. The third-order valence-electron chi connectivity index (χ3n) is 4.11. The van der Waals surface area contributed by atoms with Gasteiger partial charge in [0.05, 0.1) is 0 Å². The molecule has 4 aromatic rings. The van der Waals surface area contributed by atoms with Crippen LogP contribution in [0.25, 0.3) is 32.3 Å². The smallest absolute Gasteiger partial charge is 0.371 e. The molecule has 23 heavy (non-hydrogen) atoms. The normalized spacial score (nSPS) is 13.5. The molecular formula is C17H12NaO4S+. The van der Waals surface area contributed by atoms with E-state index in [9.17, 15) is 13.5 Å². The molecule has 0 spiro atoms. The maximum absolute atomic E-state index is 11.3. The van der Waals surface area contributed by atoms with Crippen molar-refractivity contribution in [1.82, 2.24) is 0 Å². The Bertz CT molecular complexity index is 1110. The zero-order chi connectivity index (χ0) is 15.5. The summed E-state index contributed by atoms with van der Waals surface area (Å²) in [4.78, 5) is 0. The van der Waals surface area contributed by atoms with Crippen LogP contribution < -0.4 is 29.6 Å². The molecule has 0 saturated carbocycles. The minimum atomic E-state index is -4.57. The Morgan fingerprint density at radius 2 is 1.30 bits per heavy atom. The van der Waals surface area contributed by atoms with Gasteiger partial charge in [0.15, 0.2) is 0 Å². The van der Waals surface area contributed by atoms with Gasteiger partial charge in [-0.15, -0.1) is 0 Å². The minimum absolute atomic E-state index is 0. The monoisotopic (exact) mass is 335 g/mol. The van der Waals surface area contributed by atoms with E-state index in [2.05, 4.69) is 0 Å². The molecule has 4 aromatic carbocycles. The summed E-state index contributed by atoms with van der Waals surface area (Å²) in [6, 6.07) is 16.9. The number of hydrogen-bond acceptors (Lipinski definition) is 3. The zero-order valence-electron chi connectivity index (χ0n) is 12.4. The molecule has 0 heterocycles. The number of hydrogen-bond donors (Lipinski definition) is 2. The van der Waals surface area contributed by atoms with E-state index in [-0.39, 0.29) is 35.1 Å². The molecule has 0 aromatic heterocycles. The Kier molecular flexibility index (Phi) is 4.13. The van der Waals surface area contributed by atoms with Gasteiger partial charge in [0, 0.05) is 5.56 Å². The SMILES string of the molecule is O=S(=O)(O)C(O)c1ccc2ccc3cccc4ccc1c2c34.[Na+]. The van der Waals surface area contributed by atoms with Crippen molar-refractivity contribution < 1.29 is 47.6 Å². The fourth-order valence-electron chi connectivity index (χ4n) is 3.13. The number of aliphatic hydroxyl groups is 1. The van der Waals surface area contributed by atoms with Crippen molar-refractivity contribution in [1.29, 1.82) is 0 Å². The molecule has 0 aliphatic carbocycles. The van der Waals surface area contributed by atoms with Gasteiger partial charge in [-0.05, 0) is 32.3 Å². The van der Waals surface area contributed by atoms with Gasteiger partial charge in [0.1, 0.15) is 0 Å². The fourth-order valence-corrected chi connectivity index (χ4v) is 3.66. The summed E-state index contributed by atoms with van der Waals surface area (Å²) < 4.78 is 31.8. The van der Waals surface area contributed by atoms with Gasteiger partial charge < -0.3 is 5.11 Å². The predicted molar refractivity (Wildman–Crippen MR) is 86.7 cm³/mol. The van der Waals surface area contributed by atoms with Crippen molar-refractivity contribution >= 4 is 42.4 Å². The predicted octanol–water partition coefficient (Wildman–Crippen LogP) is 0.467. The van der Waals surface area contributed by atoms with Crippen LogP contribution in [-0.2, 0) is 10.1 Å². The standard InChI is InChI=1S/C17H12O4S.Na/c18-17(22(19,20)21)14-9-7-12-5-4-10-2-1-3-11-6-8-13(14)16(12)15(10)11;/h1-9,17-18H,(H,19,20,21);/q;+1. The van der Waals surface area contributed by atoms with Gasteiger partial charge in [0.25, 0.3) is 10.1 Å². The second-order valence-corrected chi connectivity index (χ2v) is 6.85. The molecule has 0 aliphatic rings. The van der Waals surface area contributed by atoms with Gasteiger partial charge in [-0.25, -0.2) is 0 Å². The topological polar surface area (TPSA) is 74.6 Å². The first-order valence-corrected chi connectivity index (χ1v) is 8.28. The van der Waals surface area contributed by atoms with Crippen molar-refractivity contribution in [2.45, 2.75) is 5.44 Å². The van der Waals surface area contributed by atoms with Crippen LogP contribution in [0, 0.1) is 0 Å². The van der Waals surface area contributed by atoms with Crippen LogP contribution in [-0.4, -0.2) is 18.1 Å². The third kappa shape index (κ3) is 2.54. The summed E-state index contributed by atoms with van der Waals surface area (Å²) in [5.41, 5.74) is -1.76. The summed E-state index contributed by atoms with van der Waals surface area (Å²) in [6.07, 6.45) is 0. The van der Waals surface area contributed by atoms with Crippen LogP contribution in [0.5, 0.6) is 0 Å². The first-order valence-electron chi connectivity index (χ1n) is 6.77. The van der Waals surface area contributed by atoms with Crippen LogP contribution in [0.2, 0.25) is 0 Å². The summed E-state index contributed by atoms with van der Waals surface area (Å²) in [6.45, 7) is 0. The molecule has 1 unspecified atom stereocenters. The molecule has 0 aliphatic heterocycles. The Labute approximate surface area is 155 Å². The van der Waals surface area contributed by atoms with E-state index < -0.39 is 15.6 Å². The second-order valence-electron chi connectivity index (χ2n) is 5.38. The van der Waals surface area contributed by atoms with Crippen molar-refractivity contribution in [2.24, 2.45) is 0 Å². The van der Waals surface area contributed by atoms with E-state index in [1.165, 1.54) is 0 Å². The molecular weight excluding hydrogens is 323 g/mol. The quantitative estimate of drug-likeness (QED) is 0.317. The molecule has 0 saturated heterocycles. The van der Waals surface area contributed by atoms with Crippen molar-refractivity contribution in [2.75, 3.05) is 0 Å². The van der Waals surface area contributed by atoms with E-state index in [1.807, 2.05) is 36.4 Å². The molecule has 0 radical (unpaired) electrons. The average Bonchev–Trinajstić information content (AvgIpc) is 2.51. The molecule has 0 fully saturated rings. The van der Waals surface area contributed by atoms with Crippen molar-refractivity contribution in [3.63, 3.8) is 0 Å². The molecule has 6 heteroatoms. The molecule has 0 bridgehead atoms. The number of rotatable bonds is 2. The second kappa shape index (κ2) is 5.70. The van der Waals surface area contributed by atoms with Crippen LogP contribution in [0.4, 0.5) is 0 Å². The number of aliphatic hydroxyl groups excluding tert-OH is 1. The molecule has 2 N–H and O–H groups in total. The van der Waals surface area contributed by atoms with Gasteiger partial charge in [0.2, 0.25) is 5.44 Å². The van der Waals surface area contributed by atoms with E-state index in [0.29, 0.717) is 5.39 Å². The van der Waals surface area contributed by atoms with Gasteiger partial charge in [-0.2, -0.15) is 8.42 Å². The van der Waals surface area contributed by atoms with E-state index >= 15 is 0 Å². The zero-order valence-corrected chi connectivity index (χ0v) is 15.2. The van der Waals surface area contributed by atoms with Crippen LogP contribution in [0.1, 0.15) is 11.0 Å². The molecule has 1 atom stereocenters. The van der Waals surface area contributed by atoms with Crippen LogP contribution in [0.15, 0.2) is 54.6 Å². The summed E-state index contributed by atoms with van der Waals surface area (Å²) in [7, 11) is -4.57. The minimum Gasteiger partial charge on any atom is -0.371 e. The van der Waals surface area contributed by atoms with Crippen LogP contribution in [0.3, 0.4) is 0 Å². The van der Waals surface area contributed by atoms with Crippen molar-refractivity contribution in [3.8, 4) is 0 Å². The van der Waals surface area contributed by atoms with E-state index in [0.717, 1.165) is 26.9 Å². The van der Waals surface area contributed by atoms with Crippen LogP contribution >= 0.6 is 0 Å². The maximum Gasteiger partial charge on any atom is 1.00 e. The van der Waals surface area contributed by atoms with E-state index in [4.69, 9.17) is 4.55 Å². The Morgan fingerprint density at radius 3 is 1.91 bits per heavy atom. The summed E-state index contributed by atoms with van der Waals surface area (Å²) in [5, 5.41) is 15.6. The molecule has 110 valence electrons. The summed E-state index contributed by atoms with van der Waals surface area (Å²) in [5.74, 6) is 0. The van der Waals surface area contributed by atoms with E-state index in [1.54, 1.807) is 18.2 Å². The largest absolute Gasteiger partial charge is 1.00 e. The third-order valence-corrected chi connectivity index (χ3v) is 4.93. The molecule has 4 nitrogen and oxygen atoms in total. The Hall–Kier alpha value is -1.21.